The van der Waals surface area contributed by atoms with Crippen LogP contribution < -0.4 is 5.32 Å². The molecule has 1 aromatic rings. The zero-order valence-corrected chi connectivity index (χ0v) is 14.1. The highest BCUT2D eigenvalue weighted by Gasteiger charge is 2.23. The van der Waals surface area contributed by atoms with Crippen molar-refractivity contribution in [2.45, 2.75) is 65.4 Å². The number of ether oxygens (including phenoxy) is 1. The van der Waals surface area contributed by atoms with Crippen LogP contribution in [-0.4, -0.2) is 35.7 Å². The smallest absolute Gasteiger partial charge is 0.0674 e. The average Bonchev–Trinajstić information content (AvgIpc) is 2.40. The predicted molar refractivity (Wildman–Crippen MR) is 88.3 cm³/mol. The van der Waals surface area contributed by atoms with Crippen molar-refractivity contribution in [3.63, 3.8) is 0 Å². The second-order valence-corrected chi connectivity index (χ2v) is 7.35. The van der Waals surface area contributed by atoms with Crippen molar-refractivity contribution in [2.24, 2.45) is 0 Å². The van der Waals surface area contributed by atoms with Gasteiger partial charge >= 0.3 is 0 Å². The van der Waals surface area contributed by atoms with E-state index in [-0.39, 0.29) is 5.54 Å². The molecule has 1 fully saturated rings. The van der Waals surface area contributed by atoms with Crippen LogP contribution in [0.2, 0.25) is 0 Å². The van der Waals surface area contributed by atoms with Gasteiger partial charge in [-0.25, -0.2) is 0 Å². The quantitative estimate of drug-likeness (QED) is 0.921. The molecule has 0 amide bonds. The zero-order chi connectivity index (χ0) is 15.5. The van der Waals surface area contributed by atoms with Gasteiger partial charge in [-0.3, -0.25) is 4.90 Å². The van der Waals surface area contributed by atoms with E-state index in [0.717, 1.165) is 26.2 Å². The highest BCUT2D eigenvalue weighted by molar-refractivity contribution is 5.23. The first-order valence-electron chi connectivity index (χ1n) is 8.02. The second kappa shape index (κ2) is 6.91. The molecule has 0 bridgehead atoms. The highest BCUT2D eigenvalue weighted by atomic mass is 16.5. The molecule has 21 heavy (non-hydrogen) atoms. The number of morpholine rings is 1. The van der Waals surface area contributed by atoms with Crippen LogP contribution in [0.5, 0.6) is 0 Å². The fourth-order valence-corrected chi connectivity index (χ4v) is 2.63. The van der Waals surface area contributed by atoms with Crippen LogP contribution in [-0.2, 0) is 17.8 Å². The van der Waals surface area contributed by atoms with E-state index in [1.165, 1.54) is 11.1 Å². The number of hydrogen-bond donors (Lipinski definition) is 1. The molecule has 1 aliphatic heterocycles. The van der Waals surface area contributed by atoms with E-state index in [2.05, 4.69) is 69.1 Å². The summed E-state index contributed by atoms with van der Waals surface area (Å²) in [5, 5.41) is 3.55. The van der Waals surface area contributed by atoms with E-state index < -0.39 is 0 Å². The van der Waals surface area contributed by atoms with E-state index in [9.17, 15) is 0 Å². The third-order valence-corrected chi connectivity index (χ3v) is 3.94. The summed E-state index contributed by atoms with van der Waals surface area (Å²) in [4.78, 5) is 2.52. The van der Waals surface area contributed by atoms with Crippen LogP contribution >= 0.6 is 0 Å². The summed E-state index contributed by atoms with van der Waals surface area (Å²) in [5.74, 6) is 0. The van der Waals surface area contributed by atoms with Crippen molar-refractivity contribution in [2.75, 3.05) is 13.2 Å². The van der Waals surface area contributed by atoms with Gasteiger partial charge in [0.25, 0.3) is 0 Å². The number of hydrogen-bond acceptors (Lipinski definition) is 3. The molecule has 0 aromatic heterocycles. The molecule has 1 N–H and O–H groups in total. The Bertz CT molecular complexity index is 453. The third kappa shape index (κ3) is 5.42. The molecule has 0 aliphatic carbocycles. The number of nitrogens with one attached hydrogen (secondary N) is 1. The fourth-order valence-electron chi connectivity index (χ4n) is 2.63. The molecule has 1 heterocycles. The lowest BCUT2D eigenvalue weighted by atomic mass is 10.1. The number of nitrogens with zero attached hydrogens (tertiary/aromatic N) is 1. The van der Waals surface area contributed by atoms with Gasteiger partial charge in [-0.05, 0) is 45.7 Å². The molecule has 2 rings (SSSR count). The first-order chi connectivity index (χ1) is 9.83. The van der Waals surface area contributed by atoms with Crippen molar-refractivity contribution in [1.82, 2.24) is 10.2 Å². The Balaban J connectivity index is 1.97. The van der Waals surface area contributed by atoms with E-state index in [1.54, 1.807) is 0 Å². The largest absolute Gasteiger partial charge is 0.376 e. The first kappa shape index (κ1) is 16.5. The Labute approximate surface area is 129 Å². The van der Waals surface area contributed by atoms with E-state index in [1.807, 2.05) is 0 Å². The van der Waals surface area contributed by atoms with E-state index in [4.69, 9.17) is 4.74 Å². The molecule has 118 valence electrons. The van der Waals surface area contributed by atoms with Gasteiger partial charge in [0.15, 0.2) is 0 Å². The third-order valence-electron chi connectivity index (χ3n) is 3.94. The van der Waals surface area contributed by atoms with Gasteiger partial charge < -0.3 is 10.1 Å². The maximum atomic E-state index is 5.71. The highest BCUT2D eigenvalue weighted by Crippen LogP contribution is 2.16. The number of benzene rings is 1. The maximum absolute atomic E-state index is 5.71. The fraction of sp³-hybridized carbons (Fsp3) is 0.667. The molecule has 0 saturated carbocycles. The Morgan fingerprint density at radius 1 is 1.24 bits per heavy atom. The lowest BCUT2D eigenvalue weighted by Gasteiger charge is -2.36. The van der Waals surface area contributed by atoms with Crippen LogP contribution in [0.25, 0.3) is 0 Å². The maximum Gasteiger partial charge on any atom is 0.0674 e. The topological polar surface area (TPSA) is 24.5 Å². The minimum atomic E-state index is 0.157. The molecule has 2 atom stereocenters. The minimum absolute atomic E-state index is 0.157. The first-order valence-corrected chi connectivity index (χ1v) is 8.02. The summed E-state index contributed by atoms with van der Waals surface area (Å²) >= 11 is 0. The van der Waals surface area contributed by atoms with Crippen molar-refractivity contribution in [3.8, 4) is 0 Å². The number of rotatable bonds is 4. The minimum Gasteiger partial charge on any atom is -0.376 e. The normalized spacial score (nSPS) is 24.2. The molecule has 2 unspecified atom stereocenters. The van der Waals surface area contributed by atoms with Crippen LogP contribution in [0.4, 0.5) is 0 Å². The monoisotopic (exact) mass is 290 g/mol. The van der Waals surface area contributed by atoms with Gasteiger partial charge in [0.1, 0.15) is 0 Å². The van der Waals surface area contributed by atoms with Crippen LogP contribution in [0.3, 0.4) is 0 Å². The molecular formula is C18H30N2O. The Hall–Kier alpha value is -0.900. The van der Waals surface area contributed by atoms with Crippen LogP contribution in [0.1, 0.15) is 45.7 Å². The molecule has 1 aliphatic rings. The Morgan fingerprint density at radius 2 is 1.95 bits per heavy atom. The lowest BCUT2D eigenvalue weighted by molar-refractivity contribution is -0.0526. The van der Waals surface area contributed by atoms with Gasteiger partial charge in [0, 0.05) is 31.2 Å². The Kier molecular flexibility index (Phi) is 5.42. The standard InChI is InChI=1S/C18H30N2O/c1-14-13-21-15(2)11-20(14)12-17-8-6-7-16(9-17)10-19-18(3,4)5/h6-9,14-15,19H,10-13H2,1-5H3. The predicted octanol–water partition coefficient (Wildman–Crippen LogP) is 3.18. The van der Waals surface area contributed by atoms with Crippen molar-refractivity contribution < 1.29 is 4.74 Å². The average molecular weight is 290 g/mol. The second-order valence-electron chi connectivity index (χ2n) is 7.35. The molecule has 1 aromatic carbocycles. The van der Waals surface area contributed by atoms with Gasteiger partial charge in [0.05, 0.1) is 12.7 Å². The van der Waals surface area contributed by atoms with Crippen LogP contribution in [0, 0.1) is 0 Å². The summed E-state index contributed by atoms with van der Waals surface area (Å²) in [5.41, 5.74) is 2.91. The van der Waals surface area contributed by atoms with E-state index in [0.29, 0.717) is 12.1 Å². The van der Waals surface area contributed by atoms with Gasteiger partial charge in [-0.15, -0.1) is 0 Å². The zero-order valence-electron chi connectivity index (χ0n) is 14.1. The molecule has 0 radical (unpaired) electrons. The van der Waals surface area contributed by atoms with Crippen molar-refractivity contribution >= 4 is 0 Å². The van der Waals surface area contributed by atoms with Crippen molar-refractivity contribution in [1.29, 1.82) is 0 Å². The summed E-state index contributed by atoms with van der Waals surface area (Å²) in [6, 6.07) is 9.42. The lowest BCUT2D eigenvalue weighted by Crippen LogP contribution is -2.46. The molecule has 3 heteroatoms. The van der Waals surface area contributed by atoms with Gasteiger partial charge in [0.2, 0.25) is 0 Å². The SMILES string of the molecule is CC1CN(Cc2cccc(CNC(C)(C)C)c2)C(C)CO1. The summed E-state index contributed by atoms with van der Waals surface area (Å²) in [6.45, 7) is 14.8. The molecule has 3 nitrogen and oxygen atoms in total. The molecular weight excluding hydrogens is 260 g/mol. The Morgan fingerprint density at radius 3 is 2.67 bits per heavy atom. The molecule has 1 saturated heterocycles. The van der Waals surface area contributed by atoms with Crippen molar-refractivity contribution in [3.05, 3.63) is 35.4 Å². The van der Waals surface area contributed by atoms with E-state index >= 15 is 0 Å². The summed E-state index contributed by atoms with van der Waals surface area (Å²) in [7, 11) is 0. The molecule has 0 spiro atoms. The van der Waals surface area contributed by atoms with Crippen LogP contribution in [0.15, 0.2) is 24.3 Å². The van der Waals surface area contributed by atoms with Gasteiger partial charge in [-0.1, -0.05) is 24.3 Å². The summed E-state index contributed by atoms with van der Waals surface area (Å²) in [6.07, 6.45) is 0.340. The van der Waals surface area contributed by atoms with Gasteiger partial charge in [-0.2, -0.15) is 0 Å². The summed E-state index contributed by atoms with van der Waals surface area (Å²) < 4.78 is 5.71.